The van der Waals surface area contributed by atoms with Gasteiger partial charge in [-0.25, -0.2) is 4.79 Å². The maximum absolute atomic E-state index is 11.8. The molecule has 8 heteroatoms. The van der Waals surface area contributed by atoms with E-state index in [-0.39, 0.29) is 22.7 Å². The van der Waals surface area contributed by atoms with Gasteiger partial charge < -0.3 is 25.5 Å². The van der Waals surface area contributed by atoms with Crippen molar-refractivity contribution >= 4 is 22.9 Å². The van der Waals surface area contributed by atoms with Crippen molar-refractivity contribution in [1.82, 2.24) is 0 Å². The molecule has 0 aliphatic rings. The van der Waals surface area contributed by atoms with Gasteiger partial charge in [0, 0.05) is 0 Å². The second kappa shape index (κ2) is 5.84. The Balaban J connectivity index is 2.63. The first-order valence-electron chi connectivity index (χ1n) is 6.46. The molecule has 1 aromatic carbocycles. The molecule has 23 heavy (non-hydrogen) atoms. The molecule has 0 amide bonds. The van der Waals surface area contributed by atoms with Gasteiger partial charge in [0.05, 0.1) is 17.1 Å². The van der Waals surface area contributed by atoms with E-state index in [4.69, 9.17) is 5.73 Å². The van der Waals surface area contributed by atoms with Gasteiger partial charge in [-0.2, -0.15) is 0 Å². The fourth-order valence-corrected chi connectivity index (χ4v) is 2.01. The summed E-state index contributed by atoms with van der Waals surface area (Å²) in [4.78, 5) is 27.4. The van der Waals surface area contributed by atoms with Gasteiger partial charge in [-0.05, 0) is 32.0 Å². The second-order valence-electron chi connectivity index (χ2n) is 4.79. The summed E-state index contributed by atoms with van der Waals surface area (Å²) in [5.74, 6) is -2.45. The first kappa shape index (κ1) is 16.1. The highest BCUT2D eigenvalue weighted by molar-refractivity contribution is 6.07. The highest BCUT2D eigenvalue weighted by Crippen LogP contribution is 2.30. The normalized spacial score (nSPS) is 11.5. The van der Waals surface area contributed by atoms with Crippen molar-refractivity contribution in [2.24, 2.45) is 4.99 Å². The van der Waals surface area contributed by atoms with E-state index in [1.807, 2.05) is 0 Å². The molecular weight excluding hydrogens is 304 g/mol. The number of carbonyl (C=O) groups excluding carboxylic acids is 1. The molecule has 0 atom stereocenters. The number of Topliss-reactive ketones (excluding diaryl/α,β-unsaturated/α-hetero) is 1. The fraction of sp³-hybridized carbons (Fsp3) is 0.133. The predicted octanol–water partition coefficient (Wildman–Crippen LogP) is 1.68. The lowest BCUT2D eigenvalue weighted by atomic mass is 10.1. The summed E-state index contributed by atoms with van der Waals surface area (Å²) in [5, 5.41) is 28.9. The lowest BCUT2D eigenvalue weighted by molar-refractivity contribution is 0.100. The Kier molecular flexibility index (Phi) is 4.08. The number of hydrogen-bond donors (Lipinski definition) is 4. The van der Waals surface area contributed by atoms with Crippen LogP contribution >= 0.6 is 0 Å². The van der Waals surface area contributed by atoms with E-state index in [1.165, 1.54) is 25.1 Å². The lowest BCUT2D eigenvalue weighted by Crippen LogP contribution is -2.15. The van der Waals surface area contributed by atoms with Crippen LogP contribution in [-0.4, -0.2) is 26.8 Å². The highest BCUT2D eigenvalue weighted by Gasteiger charge is 2.23. The molecule has 0 unspecified atom stereocenters. The average molecular weight is 318 g/mol. The fourth-order valence-electron chi connectivity index (χ4n) is 2.01. The SMILES string of the molecule is CC(=O)c1c(O)oc(=O)c(C(C)=Nc2ccc(O)c(N)c2)c1O. The van der Waals surface area contributed by atoms with E-state index >= 15 is 0 Å². The molecule has 2 aromatic rings. The van der Waals surface area contributed by atoms with Crippen LogP contribution in [0.25, 0.3) is 0 Å². The number of hydrogen-bond acceptors (Lipinski definition) is 8. The molecule has 1 aromatic heterocycles. The van der Waals surface area contributed by atoms with Crippen molar-refractivity contribution in [3.05, 3.63) is 39.7 Å². The zero-order chi connectivity index (χ0) is 17.3. The first-order valence-corrected chi connectivity index (χ1v) is 6.46. The number of benzene rings is 1. The van der Waals surface area contributed by atoms with E-state index in [0.717, 1.165) is 6.92 Å². The number of nitrogen functional groups attached to an aromatic ring is 1. The summed E-state index contributed by atoms with van der Waals surface area (Å²) in [5.41, 5.74) is 4.11. The number of nitrogens with two attached hydrogens (primary N) is 1. The zero-order valence-corrected chi connectivity index (χ0v) is 12.3. The molecule has 0 bridgehead atoms. The van der Waals surface area contributed by atoms with Gasteiger partial charge in [-0.15, -0.1) is 0 Å². The summed E-state index contributed by atoms with van der Waals surface area (Å²) in [7, 11) is 0. The Morgan fingerprint density at radius 1 is 1.17 bits per heavy atom. The number of ketones is 1. The standard InChI is InChI=1S/C15H14N2O6/c1-6(17-8-3-4-10(19)9(16)5-8)11-13(20)12(7(2)18)15(22)23-14(11)21/h3-5,19-20,22H,16H2,1-2H3. The minimum Gasteiger partial charge on any atom is -0.506 e. The Morgan fingerprint density at radius 2 is 1.83 bits per heavy atom. The molecular formula is C15H14N2O6. The van der Waals surface area contributed by atoms with Gasteiger partial charge in [0.15, 0.2) is 5.78 Å². The summed E-state index contributed by atoms with van der Waals surface area (Å²) in [6.45, 7) is 2.52. The van der Waals surface area contributed by atoms with Crippen molar-refractivity contribution in [1.29, 1.82) is 0 Å². The second-order valence-corrected chi connectivity index (χ2v) is 4.79. The van der Waals surface area contributed by atoms with E-state index in [2.05, 4.69) is 9.41 Å². The Hall–Kier alpha value is -3.29. The number of phenols is 1. The Labute approximate surface area is 130 Å². The quantitative estimate of drug-likeness (QED) is 0.291. The summed E-state index contributed by atoms with van der Waals surface area (Å²) in [6.07, 6.45) is 0. The van der Waals surface area contributed by atoms with Crippen molar-refractivity contribution in [3.63, 3.8) is 0 Å². The molecule has 8 nitrogen and oxygen atoms in total. The van der Waals surface area contributed by atoms with Gasteiger partial charge in [0.1, 0.15) is 22.6 Å². The smallest absolute Gasteiger partial charge is 0.351 e. The number of anilines is 1. The molecule has 0 radical (unpaired) electrons. The van der Waals surface area contributed by atoms with Crippen LogP contribution < -0.4 is 11.4 Å². The van der Waals surface area contributed by atoms with Crippen LogP contribution in [0.5, 0.6) is 17.4 Å². The minimum atomic E-state index is -1.04. The van der Waals surface area contributed by atoms with Gasteiger partial charge in [0.25, 0.3) is 5.95 Å². The number of aromatic hydroxyl groups is 3. The number of rotatable bonds is 3. The molecule has 1 heterocycles. The highest BCUT2D eigenvalue weighted by atomic mass is 16.5. The molecule has 0 spiro atoms. The third kappa shape index (κ3) is 3.00. The molecule has 0 aliphatic heterocycles. The summed E-state index contributed by atoms with van der Waals surface area (Å²) >= 11 is 0. The molecule has 0 saturated heterocycles. The van der Waals surface area contributed by atoms with Crippen molar-refractivity contribution < 1.29 is 24.5 Å². The number of nitrogens with zero attached hydrogens (tertiary/aromatic N) is 1. The van der Waals surface area contributed by atoms with Crippen LogP contribution in [0, 0.1) is 0 Å². The van der Waals surface area contributed by atoms with Crippen LogP contribution in [0.3, 0.4) is 0 Å². The Morgan fingerprint density at radius 3 is 2.39 bits per heavy atom. The number of carbonyl (C=O) groups is 1. The topological polar surface area (TPSA) is 146 Å². The zero-order valence-electron chi connectivity index (χ0n) is 12.3. The summed E-state index contributed by atoms with van der Waals surface area (Å²) in [6, 6.07) is 4.13. The van der Waals surface area contributed by atoms with Crippen molar-refractivity contribution in [2.45, 2.75) is 13.8 Å². The van der Waals surface area contributed by atoms with Crippen LogP contribution in [-0.2, 0) is 0 Å². The molecule has 0 aliphatic carbocycles. The average Bonchev–Trinajstić information content (AvgIpc) is 2.41. The Bertz CT molecular complexity index is 882. The van der Waals surface area contributed by atoms with Gasteiger partial charge >= 0.3 is 5.63 Å². The van der Waals surface area contributed by atoms with Crippen LogP contribution in [0.2, 0.25) is 0 Å². The number of aliphatic imine (C=N–C) groups is 1. The first-order chi connectivity index (χ1) is 10.7. The molecule has 5 N–H and O–H groups in total. The predicted molar refractivity (Wildman–Crippen MR) is 82.7 cm³/mol. The van der Waals surface area contributed by atoms with Crippen molar-refractivity contribution in [2.75, 3.05) is 5.73 Å². The van der Waals surface area contributed by atoms with E-state index in [9.17, 15) is 24.9 Å². The maximum atomic E-state index is 11.8. The van der Waals surface area contributed by atoms with Crippen LogP contribution in [0.1, 0.15) is 29.8 Å². The molecule has 0 saturated carbocycles. The maximum Gasteiger partial charge on any atom is 0.351 e. The minimum absolute atomic E-state index is 0.0452. The number of phenolic OH excluding ortho intramolecular Hbond substituents is 1. The molecule has 120 valence electrons. The summed E-state index contributed by atoms with van der Waals surface area (Å²) < 4.78 is 4.56. The third-order valence-corrected chi connectivity index (χ3v) is 3.10. The van der Waals surface area contributed by atoms with Gasteiger partial charge in [0.2, 0.25) is 0 Å². The monoisotopic (exact) mass is 318 g/mol. The largest absolute Gasteiger partial charge is 0.506 e. The van der Waals surface area contributed by atoms with E-state index in [0.29, 0.717) is 5.69 Å². The van der Waals surface area contributed by atoms with Crippen molar-refractivity contribution in [3.8, 4) is 17.4 Å². The van der Waals surface area contributed by atoms with Crippen LogP contribution in [0.15, 0.2) is 32.4 Å². The molecule has 0 fully saturated rings. The van der Waals surface area contributed by atoms with Gasteiger partial charge in [-0.3, -0.25) is 9.79 Å². The van der Waals surface area contributed by atoms with E-state index < -0.39 is 28.7 Å². The van der Waals surface area contributed by atoms with Crippen LogP contribution in [0.4, 0.5) is 11.4 Å². The third-order valence-electron chi connectivity index (χ3n) is 3.10. The molecule has 2 rings (SSSR count). The van der Waals surface area contributed by atoms with Gasteiger partial charge in [-0.1, -0.05) is 0 Å². The lowest BCUT2D eigenvalue weighted by Gasteiger charge is -2.08. The van der Waals surface area contributed by atoms with E-state index in [1.54, 1.807) is 0 Å².